The molecule has 1 aromatic rings. The zero-order valence-corrected chi connectivity index (χ0v) is 10.9. The summed E-state index contributed by atoms with van der Waals surface area (Å²) in [6, 6.07) is 5.66. The van der Waals surface area contributed by atoms with Gasteiger partial charge in [0.05, 0.1) is 11.9 Å². The predicted molar refractivity (Wildman–Crippen MR) is 67.6 cm³/mol. The SMILES string of the molecule is CS(=O)(=O)N1CCN(c2cccnc2C#N)CC1. The predicted octanol–water partition coefficient (Wildman–Crippen LogP) is 0.0349. The molecule has 0 bridgehead atoms. The molecule has 0 unspecified atom stereocenters. The number of nitriles is 1. The first-order chi connectivity index (χ1) is 8.52. The summed E-state index contributed by atoms with van der Waals surface area (Å²) in [5, 5.41) is 8.98. The first kappa shape index (κ1) is 12.8. The Labute approximate surface area is 107 Å². The monoisotopic (exact) mass is 266 g/mol. The Bertz CT molecular complexity index is 571. The number of hydrogen-bond donors (Lipinski definition) is 0. The summed E-state index contributed by atoms with van der Waals surface area (Å²) in [4.78, 5) is 6.00. The van der Waals surface area contributed by atoms with Gasteiger partial charge in [0, 0.05) is 32.4 Å². The molecule has 0 saturated carbocycles. The van der Waals surface area contributed by atoms with Gasteiger partial charge in [0.15, 0.2) is 5.69 Å². The lowest BCUT2D eigenvalue weighted by molar-refractivity contribution is 0.388. The van der Waals surface area contributed by atoms with E-state index >= 15 is 0 Å². The number of sulfonamides is 1. The average molecular weight is 266 g/mol. The lowest BCUT2D eigenvalue weighted by Crippen LogP contribution is -2.48. The molecular weight excluding hydrogens is 252 g/mol. The van der Waals surface area contributed by atoms with Crippen molar-refractivity contribution in [3.63, 3.8) is 0 Å². The minimum atomic E-state index is -3.12. The van der Waals surface area contributed by atoms with E-state index in [9.17, 15) is 8.42 Å². The quantitative estimate of drug-likeness (QED) is 0.755. The second kappa shape index (κ2) is 4.92. The van der Waals surface area contributed by atoms with Crippen molar-refractivity contribution in [3.05, 3.63) is 24.0 Å². The fourth-order valence-electron chi connectivity index (χ4n) is 2.00. The lowest BCUT2D eigenvalue weighted by Gasteiger charge is -2.34. The highest BCUT2D eigenvalue weighted by molar-refractivity contribution is 7.88. The summed E-state index contributed by atoms with van der Waals surface area (Å²) in [7, 11) is -3.12. The molecule has 1 fully saturated rings. The summed E-state index contributed by atoms with van der Waals surface area (Å²) in [6.45, 7) is 2.04. The van der Waals surface area contributed by atoms with E-state index in [1.807, 2.05) is 17.0 Å². The number of piperazine rings is 1. The molecule has 18 heavy (non-hydrogen) atoms. The Morgan fingerprint density at radius 3 is 2.56 bits per heavy atom. The minimum Gasteiger partial charge on any atom is -0.367 e. The van der Waals surface area contributed by atoms with Crippen LogP contribution in [0.3, 0.4) is 0 Å². The van der Waals surface area contributed by atoms with E-state index in [4.69, 9.17) is 5.26 Å². The first-order valence-electron chi connectivity index (χ1n) is 5.57. The Hall–Kier alpha value is -1.65. The van der Waals surface area contributed by atoms with Crippen molar-refractivity contribution in [2.75, 3.05) is 37.3 Å². The fraction of sp³-hybridized carbons (Fsp3) is 0.455. The molecule has 1 aliphatic heterocycles. The third-order valence-corrected chi connectivity index (χ3v) is 4.24. The van der Waals surface area contributed by atoms with Gasteiger partial charge in [-0.1, -0.05) is 0 Å². The van der Waals surface area contributed by atoms with E-state index in [-0.39, 0.29) is 0 Å². The van der Waals surface area contributed by atoms with Crippen molar-refractivity contribution in [2.24, 2.45) is 0 Å². The van der Waals surface area contributed by atoms with Crippen molar-refractivity contribution in [1.29, 1.82) is 5.26 Å². The zero-order valence-electron chi connectivity index (χ0n) is 10.1. The van der Waals surface area contributed by atoms with Gasteiger partial charge in [-0.2, -0.15) is 9.57 Å². The summed E-state index contributed by atoms with van der Waals surface area (Å²) >= 11 is 0. The van der Waals surface area contributed by atoms with Crippen LogP contribution < -0.4 is 4.90 Å². The summed E-state index contributed by atoms with van der Waals surface area (Å²) in [5.74, 6) is 0. The van der Waals surface area contributed by atoms with Gasteiger partial charge in [-0.25, -0.2) is 13.4 Å². The second-order valence-corrected chi connectivity index (χ2v) is 6.11. The molecule has 0 N–H and O–H groups in total. The molecule has 0 aromatic carbocycles. The Balaban J connectivity index is 2.13. The van der Waals surface area contributed by atoms with Gasteiger partial charge in [-0.05, 0) is 12.1 Å². The van der Waals surface area contributed by atoms with Crippen LogP contribution in [0.2, 0.25) is 0 Å². The summed E-state index contributed by atoms with van der Waals surface area (Å²) < 4.78 is 24.2. The molecule has 0 aliphatic carbocycles. The van der Waals surface area contributed by atoms with Crippen molar-refractivity contribution in [3.8, 4) is 6.07 Å². The fourth-order valence-corrected chi connectivity index (χ4v) is 2.83. The van der Waals surface area contributed by atoms with Crippen molar-refractivity contribution in [2.45, 2.75) is 0 Å². The minimum absolute atomic E-state index is 0.380. The van der Waals surface area contributed by atoms with Crippen LogP contribution in [0.1, 0.15) is 5.69 Å². The topological polar surface area (TPSA) is 77.3 Å². The van der Waals surface area contributed by atoms with Gasteiger partial charge in [0.1, 0.15) is 6.07 Å². The van der Waals surface area contributed by atoms with Crippen LogP contribution in [0, 0.1) is 11.3 Å². The molecule has 2 rings (SSSR count). The van der Waals surface area contributed by atoms with E-state index in [2.05, 4.69) is 4.98 Å². The Kier molecular flexibility index (Phi) is 3.50. The van der Waals surface area contributed by atoms with Gasteiger partial charge in [0.25, 0.3) is 0 Å². The van der Waals surface area contributed by atoms with Gasteiger partial charge in [-0.3, -0.25) is 0 Å². The molecule has 0 spiro atoms. The van der Waals surface area contributed by atoms with Crippen LogP contribution in [0.15, 0.2) is 18.3 Å². The zero-order chi connectivity index (χ0) is 13.2. The van der Waals surface area contributed by atoms with E-state index in [0.717, 1.165) is 5.69 Å². The van der Waals surface area contributed by atoms with E-state index in [1.54, 1.807) is 12.3 Å². The van der Waals surface area contributed by atoms with Gasteiger partial charge >= 0.3 is 0 Å². The standard InChI is InChI=1S/C11H14N4O2S/c1-18(16,17)15-7-5-14(6-8-15)11-3-2-4-13-10(11)9-12/h2-4H,5-8H2,1H3. The number of nitrogens with zero attached hydrogens (tertiary/aromatic N) is 4. The Morgan fingerprint density at radius 2 is 2.00 bits per heavy atom. The normalized spacial score (nSPS) is 17.4. The molecular formula is C11H14N4O2S. The highest BCUT2D eigenvalue weighted by Gasteiger charge is 2.24. The number of rotatable bonds is 2. The van der Waals surface area contributed by atoms with Crippen LogP contribution in [0.25, 0.3) is 0 Å². The lowest BCUT2D eigenvalue weighted by atomic mass is 10.2. The van der Waals surface area contributed by atoms with Crippen LogP contribution in [0.5, 0.6) is 0 Å². The van der Waals surface area contributed by atoms with Crippen molar-refractivity contribution >= 4 is 15.7 Å². The second-order valence-electron chi connectivity index (χ2n) is 4.13. The third-order valence-electron chi connectivity index (χ3n) is 2.94. The first-order valence-corrected chi connectivity index (χ1v) is 7.42. The molecule has 0 radical (unpaired) electrons. The highest BCUT2D eigenvalue weighted by Crippen LogP contribution is 2.19. The maximum Gasteiger partial charge on any atom is 0.211 e. The average Bonchev–Trinajstić information content (AvgIpc) is 2.38. The Morgan fingerprint density at radius 1 is 1.33 bits per heavy atom. The molecule has 1 saturated heterocycles. The van der Waals surface area contributed by atoms with Gasteiger partial charge in [-0.15, -0.1) is 0 Å². The smallest absolute Gasteiger partial charge is 0.211 e. The number of pyridine rings is 1. The molecule has 96 valence electrons. The largest absolute Gasteiger partial charge is 0.367 e. The van der Waals surface area contributed by atoms with E-state index in [1.165, 1.54) is 10.6 Å². The highest BCUT2D eigenvalue weighted by atomic mass is 32.2. The number of aromatic nitrogens is 1. The maximum absolute atomic E-state index is 11.4. The molecule has 0 atom stereocenters. The van der Waals surface area contributed by atoms with Crippen LogP contribution in [-0.2, 0) is 10.0 Å². The number of hydrogen-bond acceptors (Lipinski definition) is 5. The van der Waals surface area contributed by atoms with Crippen LogP contribution in [0.4, 0.5) is 5.69 Å². The van der Waals surface area contributed by atoms with Crippen molar-refractivity contribution < 1.29 is 8.42 Å². The third kappa shape index (κ3) is 2.60. The maximum atomic E-state index is 11.4. The molecule has 0 amide bonds. The summed E-state index contributed by atoms with van der Waals surface area (Å²) in [5.41, 5.74) is 1.15. The molecule has 1 aliphatic rings. The van der Waals surface area contributed by atoms with Crippen LogP contribution in [-0.4, -0.2) is 50.1 Å². The van der Waals surface area contributed by atoms with Gasteiger partial charge in [0.2, 0.25) is 10.0 Å². The molecule has 7 heteroatoms. The van der Waals surface area contributed by atoms with Gasteiger partial charge < -0.3 is 4.90 Å². The molecule has 2 heterocycles. The summed E-state index contributed by atoms with van der Waals surface area (Å²) in [6.07, 6.45) is 2.79. The molecule has 6 nitrogen and oxygen atoms in total. The van der Waals surface area contributed by atoms with Crippen LogP contribution >= 0.6 is 0 Å². The molecule has 1 aromatic heterocycles. The van der Waals surface area contributed by atoms with Crippen molar-refractivity contribution in [1.82, 2.24) is 9.29 Å². The number of anilines is 1. The van der Waals surface area contributed by atoms with E-state index < -0.39 is 10.0 Å². The van der Waals surface area contributed by atoms with E-state index in [0.29, 0.717) is 31.9 Å².